The summed E-state index contributed by atoms with van der Waals surface area (Å²) in [5, 5.41) is 0. The van der Waals surface area contributed by atoms with Crippen LogP contribution in [0.15, 0.2) is 18.2 Å². The van der Waals surface area contributed by atoms with Crippen molar-refractivity contribution in [3.05, 3.63) is 23.8 Å². The highest BCUT2D eigenvalue weighted by Crippen LogP contribution is 2.38. The van der Waals surface area contributed by atoms with Gasteiger partial charge in [0.25, 0.3) is 0 Å². The fraction of sp³-hybridized carbons (Fsp3) is 0.632. The van der Waals surface area contributed by atoms with E-state index in [1.807, 2.05) is 0 Å². The third-order valence-corrected chi connectivity index (χ3v) is 5.24. The Bertz CT molecular complexity index is 587. The normalized spacial score (nSPS) is 26.5. The van der Waals surface area contributed by atoms with Gasteiger partial charge in [0, 0.05) is 31.0 Å². The number of esters is 1. The number of ether oxygens (including phenoxy) is 3. The van der Waals surface area contributed by atoms with E-state index in [4.69, 9.17) is 14.2 Å². The van der Waals surface area contributed by atoms with Crippen molar-refractivity contribution in [1.82, 2.24) is 4.90 Å². The zero-order chi connectivity index (χ0) is 17.3. The van der Waals surface area contributed by atoms with Crippen molar-refractivity contribution in [2.75, 3.05) is 14.2 Å². The smallest absolute Gasteiger partial charge is 0.338 e. The Kier molecular flexibility index (Phi) is 4.99. The van der Waals surface area contributed by atoms with Gasteiger partial charge in [-0.1, -0.05) is 0 Å². The summed E-state index contributed by atoms with van der Waals surface area (Å²) >= 11 is 0. The van der Waals surface area contributed by atoms with Crippen LogP contribution in [-0.4, -0.2) is 49.3 Å². The lowest BCUT2D eigenvalue weighted by molar-refractivity contribution is -0.0135. The monoisotopic (exact) mass is 333 g/mol. The van der Waals surface area contributed by atoms with Crippen molar-refractivity contribution in [3.63, 3.8) is 0 Å². The third kappa shape index (κ3) is 3.22. The Labute approximate surface area is 143 Å². The van der Waals surface area contributed by atoms with Crippen LogP contribution in [0.25, 0.3) is 0 Å². The zero-order valence-electron chi connectivity index (χ0n) is 15.0. The first-order valence-corrected chi connectivity index (χ1v) is 8.74. The molecule has 0 N–H and O–H groups in total. The van der Waals surface area contributed by atoms with Crippen LogP contribution in [0, 0.1) is 0 Å². The summed E-state index contributed by atoms with van der Waals surface area (Å²) in [7, 11) is 3.14. The molecule has 1 aromatic carbocycles. The minimum atomic E-state index is -0.279. The van der Waals surface area contributed by atoms with Gasteiger partial charge >= 0.3 is 5.97 Å². The number of benzene rings is 1. The van der Waals surface area contributed by atoms with Crippen LogP contribution in [0.1, 0.15) is 49.9 Å². The van der Waals surface area contributed by atoms with Crippen LogP contribution in [0.2, 0.25) is 0 Å². The van der Waals surface area contributed by atoms with Gasteiger partial charge in [0.15, 0.2) is 11.5 Å². The van der Waals surface area contributed by atoms with Crippen molar-refractivity contribution in [2.24, 2.45) is 0 Å². The van der Waals surface area contributed by atoms with E-state index in [-0.39, 0.29) is 12.1 Å². The molecule has 5 nitrogen and oxygen atoms in total. The number of methoxy groups -OCH3 is 2. The first kappa shape index (κ1) is 17.1. The lowest BCUT2D eigenvalue weighted by atomic mass is 9.98. The molecule has 0 aromatic heterocycles. The average molecular weight is 333 g/mol. The van der Waals surface area contributed by atoms with Crippen molar-refractivity contribution < 1.29 is 19.0 Å². The fourth-order valence-electron chi connectivity index (χ4n) is 4.29. The van der Waals surface area contributed by atoms with Gasteiger partial charge in [0.1, 0.15) is 6.10 Å². The Morgan fingerprint density at radius 2 is 1.71 bits per heavy atom. The maximum atomic E-state index is 12.5. The summed E-state index contributed by atoms with van der Waals surface area (Å²) in [5.74, 6) is 0.873. The van der Waals surface area contributed by atoms with Gasteiger partial charge in [-0.15, -0.1) is 0 Å². The van der Waals surface area contributed by atoms with Crippen LogP contribution in [0.3, 0.4) is 0 Å². The standard InChI is InChI=1S/C19H27NO4/c1-12(2)20-14-6-7-15(20)11-16(10-14)24-19(21)13-5-8-17(22-3)18(9-13)23-4/h5,8-9,12,14-16H,6-7,10-11H2,1-4H3/t14-,15+,16?. The average Bonchev–Trinajstić information content (AvgIpc) is 2.85. The SMILES string of the molecule is COc1ccc(C(=O)OC2C[C@H]3CC[C@@H](C2)N3C(C)C)cc1OC. The maximum Gasteiger partial charge on any atom is 0.338 e. The number of hydrogen-bond donors (Lipinski definition) is 0. The molecule has 2 bridgehead atoms. The molecule has 3 atom stereocenters. The number of rotatable bonds is 5. The highest BCUT2D eigenvalue weighted by molar-refractivity contribution is 5.90. The van der Waals surface area contributed by atoms with Gasteiger partial charge in [-0.2, -0.15) is 0 Å². The molecule has 2 heterocycles. The number of nitrogens with zero attached hydrogens (tertiary/aromatic N) is 1. The minimum Gasteiger partial charge on any atom is -0.493 e. The molecule has 3 rings (SSSR count). The summed E-state index contributed by atoms with van der Waals surface area (Å²) in [5.41, 5.74) is 0.506. The molecule has 0 aliphatic carbocycles. The molecule has 2 fully saturated rings. The van der Waals surface area contributed by atoms with Crippen molar-refractivity contribution in [2.45, 2.75) is 63.8 Å². The summed E-state index contributed by atoms with van der Waals surface area (Å²) in [6, 6.07) is 6.80. The molecule has 1 unspecified atom stereocenters. The predicted octanol–water partition coefficient (Wildman–Crippen LogP) is 3.26. The molecule has 132 valence electrons. The Balaban J connectivity index is 1.66. The lowest BCUT2D eigenvalue weighted by Crippen LogP contribution is -2.49. The second-order valence-corrected chi connectivity index (χ2v) is 6.99. The zero-order valence-corrected chi connectivity index (χ0v) is 15.0. The largest absolute Gasteiger partial charge is 0.493 e. The van der Waals surface area contributed by atoms with E-state index < -0.39 is 0 Å². The highest BCUT2D eigenvalue weighted by atomic mass is 16.5. The topological polar surface area (TPSA) is 48.0 Å². The molecule has 1 aromatic rings. The molecular weight excluding hydrogens is 306 g/mol. The van der Waals surface area contributed by atoms with Gasteiger partial charge in [-0.3, -0.25) is 4.90 Å². The van der Waals surface area contributed by atoms with E-state index in [1.54, 1.807) is 32.4 Å². The van der Waals surface area contributed by atoms with E-state index in [0.717, 1.165) is 12.8 Å². The second kappa shape index (κ2) is 7.01. The predicted molar refractivity (Wildman–Crippen MR) is 91.8 cm³/mol. The second-order valence-electron chi connectivity index (χ2n) is 6.99. The van der Waals surface area contributed by atoms with E-state index in [0.29, 0.717) is 35.2 Å². The van der Waals surface area contributed by atoms with Gasteiger partial charge < -0.3 is 14.2 Å². The number of carbonyl (C=O) groups excluding carboxylic acids is 1. The summed E-state index contributed by atoms with van der Waals surface area (Å²) < 4.78 is 16.3. The van der Waals surface area contributed by atoms with Crippen molar-refractivity contribution in [3.8, 4) is 11.5 Å². The van der Waals surface area contributed by atoms with E-state index in [2.05, 4.69) is 18.7 Å². The van der Waals surface area contributed by atoms with Crippen molar-refractivity contribution in [1.29, 1.82) is 0 Å². The Hall–Kier alpha value is -1.75. The first-order chi connectivity index (χ1) is 11.5. The summed E-state index contributed by atoms with van der Waals surface area (Å²) in [6.07, 6.45) is 4.32. The lowest BCUT2D eigenvalue weighted by Gasteiger charge is -2.41. The van der Waals surface area contributed by atoms with Crippen molar-refractivity contribution >= 4 is 5.97 Å². The number of fused-ring (bicyclic) bond motifs is 2. The molecule has 0 radical (unpaired) electrons. The molecule has 0 saturated carbocycles. The van der Waals surface area contributed by atoms with E-state index >= 15 is 0 Å². The van der Waals surface area contributed by atoms with Crippen LogP contribution < -0.4 is 9.47 Å². The molecular formula is C19H27NO4. The van der Waals surface area contributed by atoms with E-state index in [1.165, 1.54) is 12.8 Å². The van der Waals surface area contributed by atoms with Crippen LogP contribution in [0.5, 0.6) is 11.5 Å². The number of carbonyl (C=O) groups is 1. The van der Waals surface area contributed by atoms with Crippen LogP contribution in [0.4, 0.5) is 0 Å². The van der Waals surface area contributed by atoms with Gasteiger partial charge in [-0.25, -0.2) is 4.79 Å². The summed E-state index contributed by atoms with van der Waals surface area (Å²) in [4.78, 5) is 15.1. The van der Waals surface area contributed by atoms with Gasteiger partial charge in [0.2, 0.25) is 0 Å². The summed E-state index contributed by atoms with van der Waals surface area (Å²) in [6.45, 7) is 4.50. The van der Waals surface area contributed by atoms with Crippen LogP contribution in [-0.2, 0) is 4.74 Å². The Morgan fingerprint density at radius 1 is 1.08 bits per heavy atom. The molecule has 0 amide bonds. The first-order valence-electron chi connectivity index (χ1n) is 8.74. The maximum absolute atomic E-state index is 12.5. The van der Waals surface area contributed by atoms with Crippen LogP contribution >= 0.6 is 0 Å². The molecule has 5 heteroatoms. The third-order valence-electron chi connectivity index (χ3n) is 5.24. The quantitative estimate of drug-likeness (QED) is 0.774. The van der Waals surface area contributed by atoms with Gasteiger partial charge in [-0.05, 0) is 44.9 Å². The molecule has 2 saturated heterocycles. The number of hydrogen-bond acceptors (Lipinski definition) is 5. The van der Waals surface area contributed by atoms with E-state index in [9.17, 15) is 4.79 Å². The molecule has 24 heavy (non-hydrogen) atoms. The fourth-order valence-corrected chi connectivity index (χ4v) is 4.29. The number of piperidine rings is 1. The molecule has 0 spiro atoms. The molecule has 2 aliphatic rings. The van der Waals surface area contributed by atoms with Gasteiger partial charge in [0.05, 0.1) is 19.8 Å². The highest BCUT2D eigenvalue weighted by Gasteiger charge is 2.43. The Morgan fingerprint density at radius 3 is 2.25 bits per heavy atom. The minimum absolute atomic E-state index is 0.0121. The molecule has 2 aliphatic heterocycles.